The van der Waals surface area contributed by atoms with E-state index in [1.54, 1.807) is 0 Å². The van der Waals surface area contributed by atoms with Gasteiger partial charge < -0.3 is 10.2 Å². The number of aryl methyl sites for hydroxylation is 1. The lowest BCUT2D eigenvalue weighted by molar-refractivity contribution is 0.688. The third-order valence-corrected chi connectivity index (χ3v) is 4.17. The number of nitrogens with zero attached hydrogens (tertiary/aromatic N) is 1. The van der Waals surface area contributed by atoms with Crippen LogP contribution in [-0.4, -0.2) is 20.1 Å². The number of hydrogen-bond donors (Lipinski definition) is 1. The van der Waals surface area contributed by atoms with E-state index in [1.165, 1.54) is 40.8 Å². The second-order valence-corrected chi connectivity index (χ2v) is 6.25. The highest BCUT2D eigenvalue weighted by Crippen LogP contribution is 2.27. The van der Waals surface area contributed by atoms with Crippen LogP contribution in [0.25, 0.3) is 11.1 Å². The lowest BCUT2D eigenvalue weighted by atomic mass is 9.98. The molecule has 21 heavy (non-hydrogen) atoms. The van der Waals surface area contributed by atoms with Gasteiger partial charge in [-0.25, -0.2) is 0 Å². The minimum Gasteiger partial charge on any atom is -0.378 e. The van der Waals surface area contributed by atoms with E-state index in [-0.39, 0.29) is 0 Å². The van der Waals surface area contributed by atoms with Gasteiger partial charge in [0, 0.05) is 32.4 Å². The summed E-state index contributed by atoms with van der Waals surface area (Å²) in [5, 5.41) is 3.59. The maximum Gasteiger partial charge on any atom is 0.0361 e. The molecule has 0 radical (unpaired) electrons. The fourth-order valence-electron chi connectivity index (χ4n) is 2.58. The second-order valence-electron chi connectivity index (χ2n) is 6.25. The Morgan fingerprint density at radius 3 is 2.38 bits per heavy atom. The van der Waals surface area contributed by atoms with Gasteiger partial charge in [-0.05, 0) is 60.2 Å². The molecule has 0 spiro atoms. The lowest BCUT2D eigenvalue weighted by Crippen LogP contribution is -2.15. The Balaban J connectivity index is 1.83. The van der Waals surface area contributed by atoms with E-state index in [2.05, 4.69) is 73.7 Å². The topological polar surface area (TPSA) is 15.3 Å². The Morgan fingerprint density at radius 2 is 1.76 bits per heavy atom. The Hall–Kier alpha value is -1.80. The molecule has 2 nitrogen and oxygen atoms in total. The summed E-state index contributed by atoms with van der Waals surface area (Å²) in [6, 6.07) is 16.4. The van der Waals surface area contributed by atoms with Crippen molar-refractivity contribution in [3.05, 3.63) is 53.6 Å². The zero-order valence-electron chi connectivity index (χ0n) is 13.2. The summed E-state index contributed by atoms with van der Waals surface area (Å²) < 4.78 is 0. The number of rotatable bonds is 5. The minimum atomic E-state index is 0.758. The molecule has 3 rings (SSSR count). The van der Waals surface area contributed by atoms with Crippen molar-refractivity contribution in [3.8, 4) is 11.1 Å². The van der Waals surface area contributed by atoms with E-state index in [0.29, 0.717) is 0 Å². The molecule has 1 aliphatic carbocycles. The zero-order chi connectivity index (χ0) is 14.8. The predicted octanol–water partition coefficient (Wildman–Crippen LogP) is 3.98. The summed E-state index contributed by atoms with van der Waals surface area (Å²) >= 11 is 0. The van der Waals surface area contributed by atoms with Crippen LogP contribution in [0.2, 0.25) is 0 Å². The molecule has 0 amide bonds. The summed E-state index contributed by atoms with van der Waals surface area (Å²) in [4.78, 5) is 2.13. The van der Waals surface area contributed by atoms with Crippen LogP contribution in [0, 0.1) is 6.92 Å². The maximum atomic E-state index is 3.59. The summed E-state index contributed by atoms with van der Waals surface area (Å²) in [5.41, 5.74) is 6.59. The summed E-state index contributed by atoms with van der Waals surface area (Å²) in [5.74, 6) is 0. The fourth-order valence-corrected chi connectivity index (χ4v) is 2.58. The monoisotopic (exact) mass is 280 g/mol. The van der Waals surface area contributed by atoms with Crippen LogP contribution in [0.3, 0.4) is 0 Å². The standard InChI is InChI=1S/C19H24N2/c1-14-4-5-15(13-20-17-8-9-17)12-19(14)16-6-10-18(11-7-16)21(2)3/h4-7,10-12,17,20H,8-9,13H2,1-3H3. The molecule has 1 fully saturated rings. The van der Waals surface area contributed by atoms with E-state index in [9.17, 15) is 0 Å². The normalized spacial score (nSPS) is 14.2. The highest BCUT2D eigenvalue weighted by atomic mass is 15.1. The molecule has 2 heteroatoms. The first kappa shape index (κ1) is 14.2. The van der Waals surface area contributed by atoms with Gasteiger partial charge in [-0.15, -0.1) is 0 Å². The highest BCUT2D eigenvalue weighted by molar-refractivity contribution is 5.70. The fraction of sp³-hybridized carbons (Fsp3) is 0.368. The molecule has 1 saturated carbocycles. The van der Waals surface area contributed by atoms with Crippen LogP contribution in [-0.2, 0) is 6.54 Å². The first-order valence-electron chi connectivity index (χ1n) is 7.74. The molecule has 0 aliphatic heterocycles. The van der Waals surface area contributed by atoms with Crippen molar-refractivity contribution in [3.63, 3.8) is 0 Å². The Kier molecular flexibility index (Phi) is 3.98. The summed E-state index contributed by atoms with van der Waals surface area (Å²) in [6.45, 7) is 3.17. The van der Waals surface area contributed by atoms with Gasteiger partial charge in [0.25, 0.3) is 0 Å². The highest BCUT2D eigenvalue weighted by Gasteiger charge is 2.20. The molecular weight excluding hydrogens is 256 g/mol. The van der Waals surface area contributed by atoms with E-state index in [1.807, 2.05) is 0 Å². The molecule has 110 valence electrons. The number of benzene rings is 2. The van der Waals surface area contributed by atoms with Crippen LogP contribution in [0.1, 0.15) is 24.0 Å². The average Bonchev–Trinajstić information content (AvgIpc) is 3.31. The van der Waals surface area contributed by atoms with Gasteiger partial charge in [0.05, 0.1) is 0 Å². The van der Waals surface area contributed by atoms with Crippen molar-refractivity contribution in [1.29, 1.82) is 0 Å². The van der Waals surface area contributed by atoms with Gasteiger partial charge in [0.2, 0.25) is 0 Å². The van der Waals surface area contributed by atoms with Crippen molar-refractivity contribution < 1.29 is 0 Å². The summed E-state index contributed by atoms with van der Waals surface area (Å²) in [6.07, 6.45) is 2.68. The van der Waals surface area contributed by atoms with Gasteiger partial charge in [-0.1, -0.05) is 24.3 Å². The van der Waals surface area contributed by atoms with Crippen molar-refractivity contribution in [2.24, 2.45) is 0 Å². The van der Waals surface area contributed by atoms with Gasteiger partial charge in [-0.3, -0.25) is 0 Å². The zero-order valence-corrected chi connectivity index (χ0v) is 13.2. The van der Waals surface area contributed by atoms with Gasteiger partial charge in [0.1, 0.15) is 0 Å². The van der Waals surface area contributed by atoms with Crippen LogP contribution in [0.4, 0.5) is 5.69 Å². The summed E-state index contributed by atoms with van der Waals surface area (Å²) in [7, 11) is 4.15. The molecule has 0 heterocycles. The number of anilines is 1. The second kappa shape index (κ2) is 5.90. The van der Waals surface area contributed by atoms with Crippen LogP contribution >= 0.6 is 0 Å². The third-order valence-electron chi connectivity index (χ3n) is 4.17. The minimum absolute atomic E-state index is 0.758. The van der Waals surface area contributed by atoms with Gasteiger partial charge in [0.15, 0.2) is 0 Å². The van der Waals surface area contributed by atoms with E-state index in [0.717, 1.165) is 12.6 Å². The van der Waals surface area contributed by atoms with Gasteiger partial charge in [-0.2, -0.15) is 0 Å². The first-order chi connectivity index (χ1) is 10.1. The average molecular weight is 280 g/mol. The molecule has 0 aromatic heterocycles. The molecule has 0 atom stereocenters. The molecule has 0 bridgehead atoms. The molecule has 2 aromatic carbocycles. The number of hydrogen-bond acceptors (Lipinski definition) is 2. The third kappa shape index (κ3) is 3.45. The maximum absolute atomic E-state index is 3.59. The largest absolute Gasteiger partial charge is 0.378 e. The van der Waals surface area contributed by atoms with Crippen molar-refractivity contribution in [1.82, 2.24) is 5.32 Å². The van der Waals surface area contributed by atoms with Crippen molar-refractivity contribution >= 4 is 5.69 Å². The Morgan fingerprint density at radius 1 is 1.05 bits per heavy atom. The van der Waals surface area contributed by atoms with Crippen LogP contribution in [0.15, 0.2) is 42.5 Å². The van der Waals surface area contributed by atoms with E-state index >= 15 is 0 Å². The smallest absolute Gasteiger partial charge is 0.0361 e. The Labute approximate surface area is 127 Å². The van der Waals surface area contributed by atoms with E-state index in [4.69, 9.17) is 0 Å². The lowest BCUT2D eigenvalue weighted by Gasteiger charge is -2.14. The SMILES string of the molecule is Cc1ccc(CNC2CC2)cc1-c1ccc(N(C)C)cc1. The number of nitrogens with one attached hydrogen (secondary N) is 1. The quantitative estimate of drug-likeness (QED) is 0.891. The van der Waals surface area contributed by atoms with Crippen molar-refractivity contribution in [2.45, 2.75) is 32.4 Å². The van der Waals surface area contributed by atoms with E-state index < -0.39 is 0 Å². The predicted molar refractivity (Wildman–Crippen MR) is 90.8 cm³/mol. The first-order valence-corrected chi connectivity index (χ1v) is 7.74. The molecule has 0 saturated heterocycles. The van der Waals surface area contributed by atoms with Gasteiger partial charge >= 0.3 is 0 Å². The molecule has 1 N–H and O–H groups in total. The Bertz CT molecular complexity index is 610. The molecular formula is C19H24N2. The van der Waals surface area contributed by atoms with Crippen molar-refractivity contribution in [2.75, 3.05) is 19.0 Å². The van der Waals surface area contributed by atoms with Crippen LogP contribution < -0.4 is 10.2 Å². The molecule has 0 unspecified atom stereocenters. The molecule has 2 aromatic rings. The van der Waals surface area contributed by atoms with Crippen LogP contribution in [0.5, 0.6) is 0 Å². The molecule has 1 aliphatic rings.